The summed E-state index contributed by atoms with van der Waals surface area (Å²) in [6, 6.07) is 0. The van der Waals surface area contributed by atoms with Crippen molar-refractivity contribution in [1.29, 1.82) is 0 Å². The van der Waals surface area contributed by atoms with Gasteiger partial charge in [0.25, 0.3) is 0 Å². The summed E-state index contributed by atoms with van der Waals surface area (Å²) in [6.45, 7) is 10.7. The standard InChI is InChI=1S/C24H38O3/c1-17(2)10-8-11-18(3)12-9-13-19(4)14-15-21-20(5)24(25)23(27-7)16-22(21)26-6/h10,12,14,16,20-22H,8-9,11,13,15H2,1-7H3/b18-12+,19-14+. The molecular formula is C24H38O3. The molecule has 152 valence electrons. The van der Waals surface area contributed by atoms with E-state index in [9.17, 15) is 4.79 Å². The highest BCUT2D eigenvalue weighted by molar-refractivity contribution is 5.96. The predicted octanol–water partition coefficient (Wildman–Crippen LogP) is 6.18. The number of Topliss-reactive ketones (excluding diaryl/α,β-unsaturated/α-hetero) is 1. The summed E-state index contributed by atoms with van der Waals surface area (Å²) in [5.74, 6) is 0.589. The van der Waals surface area contributed by atoms with Crippen molar-refractivity contribution in [2.75, 3.05) is 14.2 Å². The molecule has 1 rings (SSSR count). The van der Waals surface area contributed by atoms with Gasteiger partial charge >= 0.3 is 0 Å². The minimum Gasteiger partial charge on any atom is -0.493 e. The van der Waals surface area contributed by atoms with Crippen LogP contribution in [0.3, 0.4) is 0 Å². The summed E-state index contributed by atoms with van der Waals surface area (Å²) in [7, 11) is 3.24. The van der Waals surface area contributed by atoms with Crippen LogP contribution in [0.15, 0.2) is 46.8 Å². The Labute approximate surface area is 166 Å². The molecule has 1 aliphatic rings. The Bertz CT molecular complexity index is 603. The SMILES string of the molecule is COC1=CC(OC)C(C/C=C(\C)CC/C=C(\C)CCC=C(C)C)C(C)C1=O. The molecule has 0 aromatic rings. The van der Waals surface area contributed by atoms with Gasteiger partial charge in [-0.25, -0.2) is 0 Å². The molecule has 3 atom stereocenters. The second kappa shape index (κ2) is 12.0. The lowest BCUT2D eigenvalue weighted by molar-refractivity contribution is -0.126. The monoisotopic (exact) mass is 374 g/mol. The van der Waals surface area contributed by atoms with Crippen molar-refractivity contribution in [1.82, 2.24) is 0 Å². The molecule has 3 heteroatoms. The Morgan fingerprint density at radius 1 is 1.00 bits per heavy atom. The van der Waals surface area contributed by atoms with Crippen LogP contribution in [0.4, 0.5) is 0 Å². The summed E-state index contributed by atoms with van der Waals surface area (Å²) in [6.07, 6.45) is 13.9. The van der Waals surface area contributed by atoms with Crippen LogP contribution in [0.2, 0.25) is 0 Å². The predicted molar refractivity (Wildman–Crippen MR) is 114 cm³/mol. The Hall–Kier alpha value is -1.61. The third-order valence-corrected chi connectivity index (χ3v) is 5.39. The second-order valence-electron chi connectivity index (χ2n) is 7.95. The molecule has 0 aliphatic heterocycles. The number of hydrogen-bond donors (Lipinski definition) is 0. The van der Waals surface area contributed by atoms with Gasteiger partial charge in [0, 0.05) is 18.9 Å². The average Bonchev–Trinajstić information content (AvgIpc) is 2.62. The van der Waals surface area contributed by atoms with Gasteiger partial charge in [0.05, 0.1) is 13.2 Å². The van der Waals surface area contributed by atoms with Crippen molar-refractivity contribution < 1.29 is 14.3 Å². The molecule has 0 aromatic carbocycles. The third-order valence-electron chi connectivity index (χ3n) is 5.39. The molecule has 27 heavy (non-hydrogen) atoms. The molecular weight excluding hydrogens is 336 g/mol. The number of hydrogen-bond acceptors (Lipinski definition) is 3. The Morgan fingerprint density at radius 3 is 2.15 bits per heavy atom. The Morgan fingerprint density at radius 2 is 1.59 bits per heavy atom. The van der Waals surface area contributed by atoms with E-state index in [0.29, 0.717) is 5.76 Å². The molecule has 0 saturated carbocycles. The largest absolute Gasteiger partial charge is 0.493 e. The first kappa shape index (κ1) is 23.4. The normalized spacial score (nSPS) is 23.9. The highest BCUT2D eigenvalue weighted by Crippen LogP contribution is 2.32. The van der Waals surface area contributed by atoms with Crippen LogP contribution in [-0.2, 0) is 14.3 Å². The zero-order valence-electron chi connectivity index (χ0n) is 18.3. The van der Waals surface area contributed by atoms with Crippen LogP contribution in [0.5, 0.6) is 0 Å². The minimum atomic E-state index is -0.0869. The smallest absolute Gasteiger partial charge is 0.200 e. The van der Waals surface area contributed by atoms with E-state index in [0.717, 1.165) is 32.1 Å². The fourth-order valence-electron chi connectivity index (χ4n) is 3.48. The van der Waals surface area contributed by atoms with Crippen molar-refractivity contribution in [3.8, 4) is 0 Å². The highest BCUT2D eigenvalue weighted by atomic mass is 16.5. The van der Waals surface area contributed by atoms with Crippen LogP contribution >= 0.6 is 0 Å². The summed E-state index contributed by atoms with van der Waals surface area (Å²) in [5, 5.41) is 0. The summed E-state index contributed by atoms with van der Waals surface area (Å²) in [5.41, 5.74) is 4.22. The van der Waals surface area contributed by atoms with Crippen molar-refractivity contribution in [2.24, 2.45) is 11.8 Å². The van der Waals surface area contributed by atoms with Crippen LogP contribution in [0.25, 0.3) is 0 Å². The number of carbonyl (C=O) groups is 1. The maximum absolute atomic E-state index is 12.4. The van der Waals surface area contributed by atoms with Crippen molar-refractivity contribution >= 4 is 5.78 Å². The molecule has 0 amide bonds. The van der Waals surface area contributed by atoms with Crippen LogP contribution in [0, 0.1) is 11.8 Å². The van der Waals surface area contributed by atoms with Crippen molar-refractivity contribution in [3.63, 3.8) is 0 Å². The van der Waals surface area contributed by atoms with Gasteiger partial charge in [-0.15, -0.1) is 0 Å². The average molecular weight is 375 g/mol. The van der Waals surface area contributed by atoms with Gasteiger partial charge in [-0.1, -0.05) is 41.9 Å². The molecule has 1 aliphatic carbocycles. The number of allylic oxidation sites excluding steroid dienone is 7. The van der Waals surface area contributed by atoms with E-state index in [2.05, 4.69) is 45.9 Å². The van der Waals surface area contributed by atoms with Gasteiger partial charge in [0.1, 0.15) is 0 Å². The van der Waals surface area contributed by atoms with E-state index in [1.807, 2.05) is 13.0 Å². The van der Waals surface area contributed by atoms with Gasteiger partial charge in [-0.2, -0.15) is 0 Å². The molecule has 3 unspecified atom stereocenters. The first-order valence-electron chi connectivity index (χ1n) is 10.1. The van der Waals surface area contributed by atoms with Gasteiger partial charge in [-0.3, -0.25) is 4.79 Å². The zero-order valence-corrected chi connectivity index (χ0v) is 18.3. The lowest BCUT2D eigenvalue weighted by Gasteiger charge is -2.32. The van der Waals surface area contributed by atoms with Crippen molar-refractivity contribution in [2.45, 2.75) is 72.8 Å². The number of methoxy groups -OCH3 is 2. The molecule has 3 nitrogen and oxygen atoms in total. The van der Waals surface area contributed by atoms with E-state index in [1.54, 1.807) is 14.2 Å². The first-order chi connectivity index (χ1) is 12.8. The number of ketones is 1. The third kappa shape index (κ3) is 7.88. The fourth-order valence-corrected chi connectivity index (χ4v) is 3.48. The molecule has 0 bridgehead atoms. The van der Waals surface area contributed by atoms with Gasteiger partial charge in [0.15, 0.2) is 11.5 Å². The number of rotatable bonds is 10. The molecule has 0 fully saturated rings. The van der Waals surface area contributed by atoms with Gasteiger partial charge in [-0.05, 0) is 65.9 Å². The second-order valence-corrected chi connectivity index (χ2v) is 7.95. The maximum atomic E-state index is 12.4. The molecule has 0 saturated heterocycles. The molecule has 0 N–H and O–H groups in total. The molecule has 0 spiro atoms. The van der Waals surface area contributed by atoms with Crippen molar-refractivity contribution in [3.05, 3.63) is 46.8 Å². The minimum absolute atomic E-state index is 0.0751. The quantitative estimate of drug-likeness (QED) is 0.429. The van der Waals surface area contributed by atoms with Crippen LogP contribution in [-0.4, -0.2) is 26.1 Å². The van der Waals surface area contributed by atoms with E-state index in [1.165, 1.54) is 16.7 Å². The van der Waals surface area contributed by atoms with E-state index in [-0.39, 0.29) is 23.7 Å². The number of ether oxygens (including phenoxy) is 2. The molecule has 0 radical (unpaired) electrons. The van der Waals surface area contributed by atoms with E-state index < -0.39 is 0 Å². The molecule has 0 heterocycles. The van der Waals surface area contributed by atoms with Crippen LogP contribution < -0.4 is 0 Å². The Balaban J connectivity index is 2.56. The first-order valence-corrected chi connectivity index (χ1v) is 10.1. The summed E-state index contributed by atoms with van der Waals surface area (Å²) in [4.78, 5) is 12.4. The summed E-state index contributed by atoms with van der Waals surface area (Å²) < 4.78 is 10.8. The summed E-state index contributed by atoms with van der Waals surface area (Å²) >= 11 is 0. The lowest BCUT2D eigenvalue weighted by atomic mass is 9.78. The molecule has 0 aromatic heterocycles. The zero-order chi connectivity index (χ0) is 20.4. The van der Waals surface area contributed by atoms with Crippen LogP contribution in [0.1, 0.15) is 66.7 Å². The fraction of sp³-hybridized carbons (Fsp3) is 0.625. The van der Waals surface area contributed by atoms with E-state index >= 15 is 0 Å². The lowest BCUT2D eigenvalue weighted by Crippen LogP contribution is -2.37. The number of carbonyl (C=O) groups excluding carboxylic acids is 1. The maximum Gasteiger partial charge on any atom is 0.200 e. The van der Waals surface area contributed by atoms with Gasteiger partial charge in [0.2, 0.25) is 0 Å². The Kier molecular flexibility index (Phi) is 10.4. The van der Waals surface area contributed by atoms with E-state index in [4.69, 9.17) is 9.47 Å². The topological polar surface area (TPSA) is 35.5 Å². The highest BCUT2D eigenvalue weighted by Gasteiger charge is 2.36. The van der Waals surface area contributed by atoms with Gasteiger partial charge < -0.3 is 9.47 Å².